The van der Waals surface area contributed by atoms with Crippen molar-refractivity contribution in [2.45, 2.75) is 0 Å². The molecule has 1 aromatic heterocycles. The summed E-state index contributed by atoms with van der Waals surface area (Å²) < 4.78 is 0. The largest absolute Gasteiger partial charge is 0.321 e. The van der Waals surface area contributed by atoms with Crippen molar-refractivity contribution in [3.05, 3.63) is 23.1 Å². The van der Waals surface area contributed by atoms with Crippen LogP contribution in [-0.4, -0.2) is 4.98 Å². The monoisotopic (exact) mass is 113 g/mol. The molecule has 0 bridgehead atoms. The predicted octanol–water partition coefficient (Wildman–Crippen LogP) is 0.612. The van der Waals surface area contributed by atoms with Crippen LogP contribution in [0.2, 0.25) is 0 Å². The Morgan fingerprint density at radius 2 is 2.71 bits per heavy atom. The van der Waals surface area contributed by atoms with Gasteiger partial charge in [0.2, 0.25) is 0 Å². The second kappa shape index (κ2) is 2.04. The topological polar surface area (TPSA) is 38.9 Å². The number of rotatable bonds is 1. The molecule has 1 radical (unpaired) electrons. The van der Waals surface area contributed by atoms with Gasteiger partial charge in [-0.15, -0.1) is 11.3 Å². The molecule has 0 saturated carbocycles. The molecule has 0 aliphatic rings. The third-order valence-corrected chi connectivity index (χ3v) is 1.23. The molecular weight excluding hydrogens is 108 g/mol. The molecule has 0 unspecified atom stereocenters. The molecule has 1 rings (SSSR count). The van der Waals surface area contributed by atoms with E-state index < -0.39 is 0 Å². The molecule has 0 spiro atoms. The second-order valence-electron chi connectivity index (χ2n) is 1.08. The summed E-state index contributed by atoms with van der Waals surface area (Å²) in [6.45, 7) is 1.48. The molecule has 0 aromatic carbocycles. The minimum absolute atomic E-state index is 0.852. The number of aromatic nitrogens is 1. The van der Waals surface area contributed by atoms with Gasteiger partial charge in [0.05, 0.1) is 17.7 Å². The lowest BCUT2D eigenvalue weighted by molar-refractivity contribution is 1.23. The molecule has 0 saturated heterocycles. The fraction of sp³-hybridized carbons (Fsp3) is 0. The fourth-order valence-corrected chi connectivity index (χ4v) is 0.826. The highest BCUT2D eigenvalue weighted by atomic mass is 32.1. The number of hydrogen-bond donors (Lipinski definition) is 1. The van der Waals surface area contributed by atoms with Crippen molar-refractivity contribution in [3.63, 3.8) is 0 Å². The molecule has 1 aromatic rings. The maximum absolute atomic E-state index is 5.11. The third-order valence-electron chi connectivity index (χ3n) is 0.622. The predicted molar refractivity (Wildman–Crippen MR) is 29.7 cm³/mol. The van der Waals surface area contributed by atoms with Gasteiger partial charge in [-0.25, -0.2) is 4.98 Å². The van der Waals surface area contributed by atoms with Gasteiger partial charge in [0.1, 0.15) is 0 Å². The Morgan fingerprint density at radius 3 is 3.00 bits per heavy atom. The first-order valence-corrected chi connectivity index (χ1v) is 2.81. The van der Waals surface area contributed by atoms with Gasteiger partial charge >= 0.3 is 0 Å². The van der Waals surface area contributed by atoms with Crippen molar-refractivity contribution >= 4 is 11.3 Å². The van der Waals surface area contributed by atoms with Gasteiger partial charge in [0.25, 0.3) is 0 Å². The van der Waals surface area contributed by atoms with Gasteiger partial charge in [-0.1, -0.05) is 0 Å². The standard InChI is InChI=1S/C4H5N2S/c5-1-4-2-7-3-6-4/h1-3H,5H2. The fourth-order valence-electron chi connectivity index (χ4n) is 0.304. The van der Waals surface area contributed by atoms with Crippen LogP contribution in [0.5, 0.6) is 0 Å². The number of thiazole rings is 1. The van der Waals surface area contributed by atoms with E-state index in [0.29, 0.717) is 0 Å². The van der Waals surface area contributed by atoms with E-state index >= 15 is 0 Å². The Morgan fingerprint density at radius 1 is 1.86 bits per heavy atom. The van der Waals surface area contributed by atoms with E-state index in [0.717, 1.165) is 5.69 Å². The molecule has 3 heteroatoms. The van der Waals surface area contributed by atoms with Gasteiger partial charge < -0.3 is 5.73 Å². The Hall–Kier alpha value is -0.410. The first-order chi connectivity index (χ1) is 3.43. The minimum Gasteiger partial charge on any atom is -0.321 e. The third kappa shape index (κ3) is 0.976. The van der Waals surface area contributed by atoms with Gasteiger partial charge in [-0.2, -0.15) is 0 Å². The minimum atomic E-state index is 0.852. The van der Waals surface area contributed by atoms with Gasteiger partial charge in [-0.05, 0) is 0 Å². The molecule has 0 fully saturated rings. The summed E-state index contributed by atoms with van der Waals surface area (Å²) >= 11 is 1.54. The molecule has 2 nitrogen and oxygen atoms in total. The molecule has 0 aliphatic carbocycles. The average molecular weight is 113 g/mol. The summed E-state index contributed by atoms with van der Waals surface area (Å²) in [5, 5.41) is 1.89. The normalized spacial score (nSPS) is 9.29. The molecule has 7 heavy (non-hydrogen) atoms. The van der Waals surface area contributed by atoms with E-state index in [1.54, 1.807) is 16.8 Å². The Bertz CT molecular complexity index is 124. The van der Waals surface area contributed by atoms with Crippen molar-refractivity contribution in [2.75, 3.05) is 0 Å². The molecule has 2 N–H and O–H groups in total. The Kier molecular flexibility index (Phi) is 1.38. The number of hydrogen-bond acceptors (Lipinski definition) is 3. The van der Waals surface area contributed by atoms with Crippen LogP contribution in [-0.2, 0) is 0 Å². The summed E-state index contributed by atoms with van der Waals surface area (Å²) in [4.78, 5) is 3.87. The van der Waals surface area contributed by atoms with E-state index in [1.165, 1.54) is 6.54 Å². The summed E-state index contributed by atoms with van der Waals surface area (Å²) in [7, 11) is 0. The smallest absolute Gasteiger partial charge is 0.0795 e. The molecule has 0 aliphatic heterocycles. The molecule has 0 atom stereocenters. The molecule has 1 heterocycles. The average Bonchev–Trinajstić information content (AvgIpc) is 2.14. The highest BCUT2D eigenvalue weighted by Crippen LogP contribution is 1.98. The van der Waals surface area contributed by atoms with Crippen LogP contribution in [0.4, 0.5) is 0 Å². The number of nitrogens with two attached hydrogens (primary N) is 1. The summed E-state index contributed by atoms with van der Waals surface area (Å²) in [5.74, 6) is 0. The maximum Gasteiger partial charge on any atom is 0.0795 e. The van der Waals surface area contributed by atoms with Crippen LogP contribution in [0.25, 0.3) is 0 Å². The lowest BCUT2D eigenvalue weighted by atomic mass is 10.5. The van der Waals surface area contributed by atoms with Crippen LogP contribution in [0, 0.1) is 6.54 Å². The number of nitrogens with zero attached hydrogens (tertiary/aromatic N) is 1. The Labute approximate surface area is 46.0 Å². The summed E-state index contributed by atoms with van der Waals surface area (Å²) in [5.41, 5.74) is 7.71. The van der Waals surface area contributed by atoms with Crippen LogP contribution in [0.1, 0.15) is 5.69 Å². The first kappa shape index (κ1) is 4.74. The van der Waals surface area contributed by atoms with E-state index in [4.69, 9.17) is 5.73 Å². The van der Waals surface area contributed by atoms with Crippen molar-refractivity contribution in [1.29, 1.82) is 0 Å². The van der Waals surface area contributed by atoms with Gasteiger partial charge in [0, 0.05) is 5.38 Å². The van der Waals surface area contributed by atoms with E-state index in [2.05, 4.69) is 4.98 Å². The Balaban J connectivity index is 2.76. The van der Waals surface area contributed by atoms with Crippen molar-refractivity contribution < 1.29 is 0 Å². The van der Waals surface area contributed by atoms with Crippen LogP contribution >= 0.6 is 11.3 Å². The quantitative estimate of drug-likeness (QED) is 0.579. The highest BCUT2D eigenvalue weighted by molar-refractivity contribution is 7.07. The van der Waals surface area contributed by atoms with Crippen molar-refractivity contribution in [2.24, 2.45) is 5.73 Å². The molecule has 0 amide bonds. The van der Waals surface area contributed by atoms with Crippen LogP contribution in [0.3, 0.4) is 0 Å². The van der Waals surface area contributed by atoms with Crippen LogP contribution in [0.15, 0.2) is 10.9 Å². The van der Waals surface area contributed by atoms with E-state index in [1.807, 2.05) is 5.38 Å². The first-order valence-electron chi connectivity index (χ1n) is 1.86. The maximum atomic E-state index is 5.11. The van der Waals surface area contributed by atoms with E-state index in [9.17, 15) is 0 Å². The van der Waals surface area contributed by atoms with E-state index in [-0.39, 0.29) is 0 Å². The summed E-state index contributed by atoms with van der Waals surface area (Å²) in [6.07, 6.45) is 0. The second-order valence-corrected chi connectivity index (χ2v) is 1.80. The zero-order valence-corrected chi connectivity index (χ0v) is 4.48. The lowest BCUT2D eigenvalue weighted by Gasteiger charge is -1.77. The van der Waals surface area contributed by atoms with Crippen molar-refractivity contribution in [3.8, 4) is 0 Å². The zero-order chi connectivity index (χ0) is 5.11. The zero-order valence-electron chi connectivity index (χ0n) is 3.66. The van der Waals surface area contributed by atoms with Gasteiger partial charge in [-0.3, -0.25) is 0 Å². The molecule has 37 valence electrons. The summed E-state index contributed by atoms with van der Waals surface area (Å²) in [6, 6.07) is 0. The SMILES string of the molecule is N[CH]c1cscn1. The highest BCUT2D eigenvalue weighted by Gasteiger charge is 1.85. The van der Waals surface area contributed by atoms with Crippen molar-refractivity contribution in [1.82, 2.24) is 4.98 Å². The molecular formula is C4H5N2S. The van der Waals surface area contributed by atoms with Gasteiger partial charge in [0.15, 0.2) is 0 Å². The van der Waals surface area contributed by atoms with Crippen LogP contribution < -0.4 is 5.73 Å². The lowest BCUT2D eigenvalue weighted by Crippen LogP contribution is -1.90.